The van der Waals surface area contributed by atoms with Gasteiger partial charge in [-0.2, -0.15) is 0 Å². The fourth-order valence-corrected chi connectivity index (χ4v) is 3.28. The van der Waals surface area contributed by atoms with E-state index in [-0.39, 0.29) is 0 Å². The summed E-state index contributed by atoms with van der Waals surface area (Å²) in [7, 11) is 3.99. The number of rotatable bonds is 7. The highest BCUT2D eigenvalue weighted by molar-refractivity contribution is 9.09. The predicted octanol–water partition coefficient (Wildman–Crippen LogP) is 3.73. The van der Waals surface area contributed by atoms with E-state index in [9.17, 15) is 0 Å². The minimum atomic E-state index is 0.535. The van der Waals surface area contributed by atoms with E-state index in [1.54, 1.807) is 7.11 Å². The number of para-hydroxylation sites is 1. The van der Waals surface area contributed by atoms with Gasteiger partial charge in [-0.25, -0.2) is 0 Å². The smallest absolute Gasteiger partial charge is 0.122 e. The molecule has 0 radical (unpaired) electrons. The summed E-state index contributed by atoms with van der Waals surface area (Å²) in [6.45, 7) is 3.49. The summed E-state index contributed by atoms with van der Waals surface area (Å²) in [4.78, 5) is 2.49. The van der Waals surface area contributed by atoms with Crippen LogP contribution in [0.2, 0.25) is 0 Å². The maximum atomic E-state index is 5.43. The topological polar surface area (TPSA) is 12.5 Å². The van der Waals surface area contributed by atoms with Crippen molar-refractivity contribution in [3.05, 3.63) is 29.8 Å². The summed E-state index contributed by atoms with van der Waals surface area (Å²) in [5, 5.41) is 1.13. The Labute approximate surface area is 125 Å². The van der Waals surface area contributed by atoms with E-state index >= 15 is 0 Å². The number of halogens is 1. The zero-order chi connectivity index (χ0) is 13.9. The third-order valence-corrected chi connectivity index (χ3v) is 5.48. The van der Waals surface area contributed by atoms with Crippen molar-refractivity contribution in [2.45, 2.75) is 32.2 Å². The molecule has 0 bridgehead atoms. The van der Waals surface area contributed by atoms with Gasteiger partial charge in [-0.1, -0.05) is 34.1 Å². The summed E-state index contributed by atoms with van der Waals surface area (Å²) < 4.78 is 5.43. The zero-order valence-corrected chi connectivity index (χ0v) is 13.7. The lowest BCUT2D eigenvalue weighted by Gasteiger charge is -2.28. The van der Waals surface area contributed by atoms with Gasteiger partial charge in [-0.3, -0.25) is 0 Å². The molecule has 2 nitrogen and oxygen atoms in total. The van der Waals surface area contributed by atoms with E-state index in [2.05, 4.69) is 46.9 Å². The van der Waals surface area contributed by atoms with Gasteiger partial charge in [0, 0.05) is 17.9 Å². The van der Waals surface area contributed by atoms with Crippen LogP contribution in [0.25, 0.3) is 0 Å². The highest BCUT2D eigenvalue weighted by atomic mass is 79.9. The van der Waals surface area contributed by atoms with Crippen molar-refractivity contribution in [1.29, 1.82) is 0 Å². The molecule has 1 aliphatic carbocycles. The lowest BCUT2D eigenvalue weighted by Crippen LogP contribution is -2.36. The quantitative estimate of drug-likeness (QED) is 0.708. The number of alkyl halides is 1. The lowest BCUT2D eigenvalue weighted by molar-refractivity contribution is 0.215. The molecule has 19 heavy (non-hydrogen) atoms. The van der Waals surface area contributed by atoms with Gasteiger partial charge in [0.1, 0.15) is 5.75 Å². The summed E-state index contributed by atoms with van der Waals surface area (Å²) in [6.07, 6.45) is 3.77. The van der Waals surface area contributed by atoms with E-state index in [1.807, 2.05) is 12.1 Å². The van der Waals surface area contributed by atoms with Crippen LogP contribution in [0.4, 0.5) is 0 Å². The van der Waals surface area contributed by atoms with Gasteiger partial charge >= 0.3 is 0 Å². The van der Waals surface area contributed by atoms with Gasteiger partial charge in [0.2, 0.25) is 0 Å². The maximum absolute atomic E-state index is 5.43. The number of ether oxygens (including phenoxy) is 1. The second-order valence-corrected chi connectivity index (χ2v) is 6.47. The van der Waals surface area contributed by atoms with Crippen molar-refractivity contribution in [3.8, 4) is 5.75 Å². The van der Waals surface area contributed by atoms with Crippen LogP contribution in [0.1, 0.15) is 25.3 Å². The third kappa shape index (κ3) is 3.73. The van der Waals surface area contributed by atoms with Crippen molar-refractivity contribution in [2.24, 2.45) is 5.41 Å². The zero-order valence-electron chi connectivity index (χ0n) is 12.2. The van der Waals surface area contributed by atoms with Crippen molar-refractivity contribution >= 4 is 15.9 Å². The van der Waals surface area contributed by atoms with Gasteiger partial charge in [0.25, 0.3) is 0 Å². The van der Waals surface area contributed by atoms with Crippen LogP contribution in [-0.2, 0) is 6.42 Å². The molecular weight excluding hydrogens is 302 g/mol. The maximum Gasteiger partial charge on any atom is 0.122 e. The molecule has 1 fully saturated rings. The number of nitrogens with zero attached hydrogens (tertiary/aromatic N) is 1. The number of hydrogen-bond acceptors (Lipinski definition) is 2. The Morgan fingerprint density at radius 1 is 1.37 bits per heavy atom. The van der Waals surface area contributed by atoms with Crippen LogP contribution < -0.4 is 4.74 Å². The molecule has 1 atom stereocenters. The van der Waals surface area contributed by atoms with Gasteiger partial charge in [0.15, 0.2) is 0 Å². The molecule has 0 spiro atoms. The highest BCUT2D eigenvalue weighted by Crippen LogP contribution is 2.47. The average molecular weight is 326 g/mol. The first-order chi connectivity index (χ1) is 9.10. The Kier molecular flexibility index (Phi) is 4.91. The number of hydrogen-bond donors (Lipinski definition) is 0. The molecule has 3 heteroatoms. The SMILES string of the molecule is COc1ccccc1CC(C)N(C)CC1(CBr)CC1. The van der Waals surface area contributed by atoms with E-state index in [1.165, 1.54) is 24.9 Å². The molecular formula is C16H24BrNO. The molecule has 0 heterocycles. The van der Waals surface area contributed by atoms with Gasteiger partial charge in [0.05, 0.1) is 7.11 Å². The summed E-state index contributed by atoms with van der Waals surface area (Å²) in [5.41, 5.74) is 1.84. The third-order valence-electron chi connectivity index (χ3n) is 4.29. The first-order valence-electron chi connectivity index (χ1n) is 6.98. The Morgan fingerprint density at radius 2 is 2.05 bits per heavy atom. The van der Waals surface area contributed by atoms with E-state index < -0.39 is 0 Å². The standard InChI is InChI=1S/C16H24BrNO/c1-13(18(2)12-16(11-17)8-9-16)10-14-6-4-5-7-15(14)19-3/h4-7,13H,8-12H2,1-3H3. The van der Waals surface area contributed by atoms with E-state index in [0.29, 0.717) is 11.5 Å². The predicted molar refractivity (Wildman–Crippen MR) is 84.3 cm³/mol. The van der Waals surface area contributed by atoms with Crippen LogP contribution in [-0.4, -0.2) is 37.0 Å². The van der Waals surface area contributed by atoms with Crippen LogP contribution in [0.15, 0.2) is 24.3 Å². The van der Waals surface area contributed by atoms with E-state index in [0.717, 1.165) is 17.5 Å². The Balaban J connectivity index is 1.94. The second kappa shape index (κ2) is 6.27. The molecule has 0 aromatic heterocycles. The second-order valence-electron chi connectivity index (χ2n) is 5.91. The van der Waals surface area contributed by atoms with Crippen molar-refractivity contribution in [1.82, 2.24) is 4.90 Å². The van der Waals surface area contributed by atoms with Gasteiger partial charge in [-0.05, 0) is 50.3 Å². The summed E-state index contributed by atoms with van der Waals surface area (Å²) in [5.74, 6) is 1.00. The number of benzene rings is 1. The fraction of sp³-hybridized carbons (Fsp3) is 0.625. The average Bonchev–Trinajstić information content (AvgIpc) is 3.19. The van der Waals surface area contributed by atoms with Crippen LogP contribution in [0, 0.1) is 5.41 Å². The van der Waals surface area contributed by atoms with E-state index in [4.69, 9.17) is 4.74 Å². The Hall–Kier alpha value is -0.540. The molecule has 0 saturated heterocycles. The summed E-state index contributed by atoms with van der Waals surface area (Å²) >= 11 is 3.65. The first-order valence-corrected chi connectivity index (χ1v) is 8.10. The highest BCUT2D eigenvalue weighted by Gasteiger charge is 2.42. The fourth-order valence-electron chi connectivity index (χ4n) is 2.54. The molecule has 0 N–H and O–H groups in total. The molecule has 0 amide bonds. The normalized spacial score (nSPS) is 18.4. The van der Waals surface area contributed by atoms with Crippen LogP contribution >= 0.6 is 15.9 Å². The molecule has 1 aliphatic rings. The van der Waals surface area contributed by atoms with Gasteiger partial charge in [-0.15, -0.1) is 0 Å². The summed E-state index contributed by atoms with van der Waals surface area (Å²) in [6, 6.07) is 8.86. The minimum absolute atomic E-state index is 0.535. The van der Waals surface area contributed by atoms with Crippen molar-refractivity contribution < 1.29 is 4.74 Å². The Bertz CT molecular complexity index is 417. The number of methoxy groups -OCH3 is 1. The number of likely N-dealkylation sites (N-methyl/N-ethyl adjacent to an activating group) is 1. The Morgan fingerprint density at radius 3 is 2.63 bits per heavy atom. The van der Waals surface area contributed by atoms with Crippen molar-refractivity contribution in [3.63, 3.8) is 0 Å². The molecule has 1 aromatic rings. The molecule has 1 aromatic carbocycles. The minimum Gasteiger partial charge on any atom is -0.496 e. The van der Waals surface area contributed by atoms with Crippen LogP contribution in [0.3, 0.4) is 0 Å². The first kappa shape index (κ1) is 14.9. The van der Waals surface area contributed by atoms with Gasteiger partial charge < -0.3 is 9.64 Å². The monoisotopic (exact) mass is 325 g/mol. The largest absolute Gasteiger partial charge is 0.496 e. The molecule has 2 rings (SSSR count). The molecule has 106 valence electrons. The molecule has 1 saturated carbocycles. The molecule has 0 aliphatic heterocycles. The molecule has 1 unspecified atom stereocenters. The van der Waals surface area contributed by atoms with Crippen molar-refractivity contribution in [2.75, 3.05) is 26.0 Å². The lowest BCUT2D eigenvalue weighted by atomic mass is 10.0. The van der Waals surface area contributed by atoms with Crippen LogP contribution in [0.5, 0.6) is 5.75 Å².